The molecule has 0 radical (unpaired) electrons. The van der Waals surface area contributed by atoms with Crippen molar-refractivity contribution in [1.82, 2.24) is 4.98 Å². The fourth-order valence-electron chi connectivity index (χ4n) is 1.55. The van der Waals surface area contributed by atoms with E-state index in [0.717, 1.165) is 15.6 Å². The molecule has 2 nitrogen and oxygen atoms in total. The number of carbonyl (C=O) groups excluding carboxylic acids is 1. The zero-order valence-corrected chi connectivity index (χ0v) is 13.2. The Hall–Kier alpha value is -0.840. The van der Waals surface area contributed by atoms with Gasteiger partial charge in [-0.3, -0.25) is 4.79 Å². The van der Waals surface area contributed by atoms with E-state index in [1.807, 2.05) is 38.1 Å². The van der Waals surface area contributed by atoms with Crippen LogP contribution in [-0.4, -0.2) is 16.5 Å². The van der Waals surface area contributed by atoms with Crippen LogP contribution in [0, 0.1) is 13.8 Å². The minimum Gasteiger partial charge on any atom is -0.298 e. The van der Waals surface area contributed by atoms with Gasteiger partial charge in [0.2, 0.25) is 0 Å². The number of thiazole rings is 1. The lowest BCUT2D eigenvalue weighted by Gasteiger charge is -2.02. The molecule has 0 aliphatic heterocycles. The van der Waals surface area contributed by atoms with Gasteiger partial charge >= 0.3 is 0 Å². The summed E-state index contributed by atoms with van der Waals surface area (Å²) >= 11 is 9.13. The number of hydrogen-bond acceptors (Lipinski definition) is 4. The zero-order chi connectivity index (χ0) is 13.8. The SMILES string of the molecule is Cc1nc(CC(=O)CSc2ccccc2Cl)sc1C. The van der Waals surface area contributed by atoms with Crippen LogP contribution in [0.3, 0.4) is 0 Å². The van der Waals surface area contributed by atoms with Crippen LogP contribution in [0.2, 0.25) is 5.02 Å². The van der Waals surface area contributed by atoms with Crippen LogP contribution in [0.25, 0.3) is 0 Å². The smallest absolute Gasteiger partial charge is 0.149 e. The van der Waals surface area contributed by atoms with E-state index < -0.39 is 0 Å². The summed E-state index contributed by atoms with van der Waals surface area (Å²) in [5, 5.41) is 1.60. The van der Waals surface area contributed by atoms with Gasteiger partial charge in [-0.1, -0.05) is 23.7 Å². The van der Waals surface area contributed by atoms with E-state index in [1.165, 1.54) is 16.6 Å². The predicted molar refractivity (Wildman–Crippen MR) is 82.5 cm³/mol. The quantitative estimate of drug-likeness (QED) is 0.770. The lowest BCUT2D eigenvalue weighted by molar-refractivity contribution is -0.116. The van der Waals surface area contributed by atoms with Gasteiger partial charge in [0, 0.05) is 9.77 Å². The highest BCUT2D eigenvalue weighted by molar-refractivity contribution is 8.00. The van der Waals surface area contributed by atoms with Crippen molar-refractivity contribution in [1.29, 1.82) is 0 Å². The number of Topliss-reactive ketones (excluding diaryl/α,β-unsaturated/α-hetero) is 1. The lowest BCUT2D eigenvalue weighted by atomic mass is 10.3. The van der Waals surface area contributed by atoms with E-state index in [2.05, 4.69) is 4.98 Å². The van der Waals surface area contributed by atoms with E-state index in [-0.39, 0.29) is 5.78 Å². The van der Waals surface area contributed by atoms with Crippen LogP contribution in [0.1, 0.15) is 15.6 Å². The van der Waals surface area contributed by atoms with Crippen molar-refractivity contribution in [3.8, 4) is 0 Å². The van der Waals surface area contributed by atoms with Crippen LogP contribution < -0.4 is 0 Å². The Labute approximate surface area is 126 Å². The Balaban J connectivity index is 1.90. The first-order chi connectivity index (χ1) is 9.06. The molecular weight excluding hydrogens is 298 g/mol. The lowest BCUT2D eigenvalue weighted by Crippen LogP contribution is -2.05. The number of aryl methyl sites for hydroxylation is 2. The van der Waals surface area contributed by atoms with Gasteiger partial charge in [-0.2, -0.15) is 0 Å². The maximum absolute atomic E-state index is 11.9. The average molecular weight is 312 g/mol. The van der Waals surface area contributed by atoms with Crippen molar-refractivity contribution in [2.75, 3.05) is 5.75 Å². The van der Waals surface area contributed by atoms with Gasteiger partial charge in [-0.25, -0.2) is 4.98 Å². The number of thioether (sulfide) groups is 1. The van der Waals surface area contributed by atoms with Crippen molar-refractivity contribution >= 4 is 40.5 Å². The van der Waals surface area contributed by atoms with Crippen LogP contribution in [-0.2, 0) is 11.2 Å². The van der Waals surface area contributed by atoms with Crippen molar-refractivity contribution in [2.24, 2.45) is 0 Å². The molecule has 0 atom stereocenters. The van der Waals surface area contributed by atoms with Crippen LogP contribution in [0.4, 0.5) is 0 Å². The Morgan fingerprint density at radius 3 is 2.74 bits per heavy atom. The second-order valence-corrected chi connectivity index (χ2v) is 6.90. The molecule has 0 aliphatic carbocycles. The number of nitrogens with zero attached hydrogens (tertiary/aromatic N) is 1. The van der Waals surface area contributed by atoms with Gasteiger partial charge in [0.25, 0.3) is 0 Å². The number of rotatable bonds is 5. The molecule has 1 aromatic heterocycles. The highest BCUT2D eigenvalue weighted by Crippen LogP contribution is 2.27. The summed E-state index contributed by atoms with van der Waals surface area (Å²) in [6.07, 6.45) is 0.413. The molecule has 0 aliphatic rings. The maximum atomic E-state index is 11.9. The van der Waals surface area contributed by atoms with Gasteiger partial charge in [0.05, 0.1) is 22.9 Å². The molecule has 0 amide bonds. The number of aromatic nitrogens is 1. The monoisotopic (exact) mass is 311 g/mol. The molecule has 0 bridgehead atoms. The summed E-state index contributed by atoms with van der Waals surface area (Å²) in [5.41, 5.74) is 1.02. The number of carbonyl (C=O) groups is 1. The molecule has 0 fully saturated rings. The Kier molecular flexibility index (Phi) is 5.02. The molecule has 0 N–H and O–H groups in total. The van der Waals surface area contributed by atoms with Gasteiger partial charge < -0.3 is 0 Å². The number of hydrogen-bond donors (Lipinski definition) is 0. The number of halogens is 1. The van der Waals surface area contributed by atoms with Crippen molar-refractivity contribution in [3.63, 3.8) is 0 Å². The molecule has 2 aromatic rings. The molecule has 5 heteroatoms. The van der Waals surface area contributed by atoms with Crippen molar-refractivity contribution in [3.05, 3.63) is 44.9 Å². The van der Waals surface area contributed by atoms with E-state index in [4.69, 9.17) is 11.6 Å². The first-order valence-electron chi connectivity index (χ1n) is 5.88. The third-order valence-electron chi connectivity index (χ3n) is 2.65. The van der Waals surface area contributed by atoms with E-state index in [1.54, 1.807) is 11.3 Å². The molecule has 19 heavy (non-hydrogen) atoms. The highest BCUT2D eigenvalue weighted by atomic mass is 35.5. The molecule has 1 heterocycles. The van der Waals surface area contributed by atoms with E-state index >= 15 is 0 Å². The van der Waals surface area contributed by atoms with Crippen LogP contribution in [0.5, 0.6) is 0 Å². The first kappa shape index (κ1) is 14.6. The Bertz CT molecular complexity index is 575. The summed E-state index contributed by atoms with van der Waals surface area (Å²) in [4.78, 5) is 18.4. The molecule has 1 aromatic carbocycles. The molecule has 100 valence electrons. The summed E-state index contributed by atoms with van der Waals surface area (Å²) in [7, 11) is 0. The number of ketones is 1. The van der Waals surface area contributed by atoms with Gasteiger partial charge in [0.1, 0.15) is 10.8 Å². The van der Waals surface area contributed by atoms with Gasteiger partial charge in [0.15, 0.2) is 0 Å². The van der Waals surface area contributed by atoms with Crippen molar-refractivity contribution < 1.29 is 4.79 Å². The summed E-state index contributed by atoms with van der Waals surface area (Å²) in [6, 6.07) is 7.57. The average Bonchev–Trinajstić information content (AvgIpc) is 2.67. The third-order valence-corrected chi connectivity index (χ3v) is 5.29. The number of benzene rings is 1. The van der Waals surface area contributed by atoms with Crippen LogP contribution in [0.15, 0.2) is 29.2 Å². The fraction of sp³-hybridized carbons (Fsp3) is 0.286. The zero-order valence-electron chi connectivity index (χ0n) is 10.8. The second-order valence-electron chi connectivity index (χ2n) is 4.18. The van der Waals surface area contributed by atoms with E-state index in [9.17, 15) is 4.79 Å². The summed E-state index contributed by atoms with van der Waals surface area (Å²) < 4.78 is 0. The Morgan fingerprint density at radius 1 is 1.37 bits per heavy atom. The minimum absolute atomic E-state index is 0.179. The molecule has 0 spiro atoms. The van der Waals surface area contributed by atoms with Crippen molar-refractivity contribution in [2.45, 2.75) is 25.2 Å². The third kappa shape index (κ3) is 4.06. The van der Waals surface area contributed by atoms with E-state index in [0.29, 0.717) is 17.2 Å². The Morgan fingerprint density at radius 2 is 2.11 bits per heavy atom. The first-order valence-corrected chi connectivity index (χ1v) is 8.06. The van der Waals surface area contributed by atoms with Crippen LogP contribution >= 0.6 is 34.7 Å². The molecular formula is C14H14ClNOS2. The molecule has 0 saturated carbocycles. The largest absolute Gasteiger partial charge is 0.298 e. The predicted octanol–water partition coefficient (Wildman–Crippen LogP) is 4.32. The molecule has 2 rings (SSSR count). The molecule has 0 saturated heterocycles. The second kappa shape index (κ2) is 6.55. The maximum Gasteiger partial charge on any atom is 0.149 e. The topological polar surface area (TPSA) is 30.0 Å². The highest BCUT2D eigenvalue weighted by Gasteiger charge is 2.10. The summed E-state index contributed by atoms with van der Waals surface area (Å²) in [6.45, 7) is 4.00. The summed E-state index contributed by atoms with van der Waals surface area (Å²) in [5.74, 6) is 0.611. The minimum atomic E-state index is 0.179. The fourth-order valence-corrected chi connectivity index (χ4v) is 3.62. The van der Waals surface area contributed by atoms with Gasteiger partial charge in [-0.15, -0.1) is 23.1 Å². The molecule has 0 unspecified atom stereocenters. The van der Waals surface area contributed by atoms with Gasteiger partial charge in [-0.05, 0) is 26.0 Å². The normalized spacial score (nSPS) is 10.7. The standard InChI is InChI=1S/C14H14ClNOS2/c1-9-10(2)19-14(16-9)7-11(17)8-18-13-6-4-3-5-12(13)15/h3-6H,7-8H2,1-2H3.